The van der Waals surface area contributed by atoms with Crippen LogP contribution in [0.3, 0.4) is 0 Å². The second kappa shape index (κ2) is 4.03. The van der Waals surface area contributed by atoms with E-state index in [0.717, 1.165) is 12.7 Å². The van der Waals surface area contributed by atoms with Crippen LogP contribution >= 0.6 is 0 Å². The Morgan fingerprint density at radius 3 is 2.54 bits per heavy atom. The van der Waals surface area contributed by atoms with Crippen LogP contribution in [0.2, 0.25) is 0 Å². The summed E-state index contributed by atoms with van der Waals surface area (Å²) >= 11 is 0. The first-order valence-corrected chi connectivity index (χ1v) is 5.04. The fraction of sp³-hybridized carbons (Fsp3) is 0.818. The maximum atomic E-state index is 11.4. The molecule has 1 saturated carbocycles. The van der Waals surface area contributed by atoms with Crippen molar-refractivity contribution in [2.45, 2.75) is 33.6 Å². The number of hydrogen-bond donors (Lipinski definition) is 0. The van der Waals surface area contributed by atoms with Gasteiger partial charge in [0.05, 0.1) is 5.92 Å². The van der Waals surface area contributed by atoms with Gasteiger partial charge < -0.3 is 4.79 Å². The molecule has 74 valence electrons. The van der Waals surface area contributed by atoms with Crippen molar-refractivity contribution >= 4 is 12.1 Å². The van der Waals surface area contributed by atoms with Gasteiger partial charge in [-0.1, -0.05) is 20.8 Å². The number of ketones is 1. The molecule has 0 aromatic carbocycles. The average molecular weight is 182 g/mol. The Kier molecular flexibility index (Phi) is 3.23. The van der Waals surface area contributed by atoms with Crippen LogP contribution in [-0.2, 0) is 9.59 Å². The summed E-state index contributed by atoms with van der Waals surface area (Å²) in [5.74, 6) is 1.38. The Bertz CT molecular complexity index is 208. The largest absolute Gasteiger partial charge is 0.303 e. The topological polar surface area (TPSA) is 34.1 Å². The molecule has 2 nitrogen and oxygen atoms in total. The van der Waals surface area contributed by atoms with Crippen molar-refractivity contribution in [2.75, 3.05) is 0 Å². The molecule has 13 heavy (non-hydrogen) atoms. The van der Waals surface area contributed by atoms with Crippen LogP contribution in [0.15, 0.2) is 0 Å². The molecule has 1 aliphatic rings. The Hall–Kier alpha value is -0.660. The van der Waals surface area contributed by atoms with E-state index in [1.165, 1.54) is 0 Å². The Balaban J connectivity index is 2.69. The number of hydrogen-bond acceptors (Lipinski definition) is 2. The van der Waals surface area contributed by atoms with Crippen LogP contribution in [0.5, 0.6) is 0 Å². The smallest absolute Gasteiger partial charge is 0.143 e. The first-order valence-electron chi connectivity index (χ1n) is 5.04. The molecule has 3 atom stereocenters. The van der Waals surface area contributed by atoms with Crippen LogP contribution in [0.4, 0.5) is 0 Å². The van der Waals surface area contributed by atoms with E-state index in [1.807, 2.05) is 0 Å². The van der Waals surface area contributed by atoms with Crippen molar-refractivity contribution in [2.24, 2.45) is 23.7 Å². The summed E-state index contributed by atoms with van der Waals surface area (Å²) in [4.78, 5) is 22.0. The first kappa shape index (κ1) is 10.4. The average Bonchev–Trinajstić information content (AvgIpc) is 2.03. The van der Waals surface area contributed by atoms with Gasteiger partial charge in [0.1, 0.15) is 12.1 Å². The van der Waals surface area contributed by atoms with E-state index >= 15 is 0 Å². The lowest BCUT2D eigenvalue weighted by molar-refractivity contribution is -0.132. The van der Waals surface area contributed by atoms with E-state index < -0.39 is 0 Å². The molecule has 2 heteroatoms. The molecule has 0 heterocycles. The highest BCUT2D eigenvalue weighted by Gasteiger charge is 2.34. The molecule has 0 aromatic rings. The van der Waals surface area contributed by atoms with Crippen molar-refractivity contribution in [3.63, 3.8) is 0 Å². The van der Waals surface area contributed by atoms with Gasteiger partial charge in [0, 0.05) is 6.42 Å². The lowest BCUT2D eigenvalue weighted by atomic mass is 9.70. The zero-order valence-electron chi connectivity index (χ0n) is 8.62. The lowest BCUT2D eigenvalue weighted by Gasteiger charge is -2.33. The molecule has 0 radical (unpaired) electrons. The van der Waals surface area contributed by atoms with Gasteiger partial charge in [-0.3, -0.25) is 4.79 Å². The normalized spacial score (nSPS) is 35.1. The molecule has 0 amide bonds. The highest BCUT2D eigenvalue weighted by molar-refractivity contribution is 5.93. The highest BCUT2D eigenvalue weighted by Crippen LogP contribution is 2.35. The Morgan fingerprint density at radius 2 is 2.08 bits per heavy atom. The van der Waals surface area contributed by atoms with Crippen LogP contribution in [0.1, 0.15) is 33.6 Å². The summed E-state index contributed by atoms with van der Waals surface area (Å²) in [7, 11) is 0. The second-order valence-corrected chi connectivity index (χ2v) is 4.53. The fourth-order valence-corrected chi connectivity index (χ4v) is 2.34. The number of rotatable bonds is 2. The third kappa shape index (κ3) is 2.17. The van der Waals surface area contributed by atoms with Crippen LogP contribution in [-0.4, -0.2) is 12.1 Å². The molecule has 0 spiro atoms. The number of aldehydes is 1. The van der Waals surface area contributed by atoms with E-state index in [4.69, 9.17) is 0 Å². The van der Waals surface area contributed by atoms with Gasteiger partial charge in [-0.25, -0.2) is 0 Å². The minimum atomic E-state index is -0.316. The molecule has 1 fully saturated rings. The van der Waals surface area contributed by atoms with Crippen LogP contribution in [0, 0.1) is 23.7 Å². The zero-order chi connectivity index (χ0) is 10.0. The van der Waals surface area contributed by atoms with Gasteiger partial charge >= 0.3 is 0 Å². The van der Waals surface area contributed by atoms with Gasteiger partial charge in [-0.05, 0) is 24.2 Å². The van der Waals surface area contributed by atoms with Crippen molar-refractivity contribution in [3.8, 4) is 0 Å². The van der Waals surface area contributed by atoms with E-state index in [1.54, 1.807) is 0 Å². The molecule has 0 aromatic heterocycles. The van der Waals surface area contributed by atoms with Gasteiger partial charge in [0.15, 0.2) is 0 Å². The summed E-state index contributed by atoms with van der Waals surface area (Å²) in [6.07, 6.45) is 2.18. The standard InChI is InChI=1S/C11H18O2/c1-7(2)10-5-9(6-12)11(13)4-8(10)3/h6-10H,4-5H2,1-3H3. The number of carbonyl (C=O) groups excluding carboxylic acids is 2. The fourth-order valence-electron chi connectivity index (χ4n) is 2.34. The van der Waals surface area contributed by atoms with Gasteiger partial charge in [0.25, 0.3) is 0 Å². The summed E-state index contributed by atoms with van der Waals surface area (Å²) in [5, 5.41) is 0. The van der Waals surface area contributed by atoms with Gasteiger partial charge in [-0.2, -0.15) is 0 Å². The van der Waals surface area contributed by atoms with Crippen molar-refractivity contribution < 1.29 is 9.59 Å². The van der Waals surface area contributed by atoms with Gasteiger partial charge in [0.2, 0.25) is 0 Å². The molecular weight excluding hydrogens is 164 g/mol. The molecule has 1 aliphatic carbocycles. The van der Waals surface area contributed by atoms with E-state index in [9.17, 15) is 9.59 Å². The SMILES string of the molecule is CC(C)C1CC(C=O)C(=O)CC1C. The molecule has 0 aliphatic heterocycles. The van der Waals surface area contributed by atoms with E-state index in [2.05, 4.69) is 20.8 Å². The number of Topliss-reactive ketones (excluding diaryl/α,β-unsaturated/α-hetero) is 1. The van der Waals surface area contributed by atoms with Crippen molar-refractivity contribution in [1.29, 1.82) is 0 Å². The maximum absolute atomic E-state index is 11.4. The maximum Gasteiger partial charge on any atom is 0.143 e. The zero-order valence-corrected chi connectivity index (χ0v) is 8.62. The van der Waals surface area contributed by atoms with Crippen LogP contribution < -0.4 is 0 Å². The third-order valence-electron chi connectivity index (χ3n) is 3.21. The second-order valence-electron chi connectivity index (χ2n) is 4.53. The van der Waals surface area contributed by atoms with E-state index in [0.29, 0.717) is 24.2 Å². The lowest BCUT2D eigenvalue weighted by Crippen LogP contribution is -2.34. The van der Waals surface area contributed by atoms with Crippen molar-refractivity contribution in [3.05, 3.63) is 0 Å². The predicted octanol–water partition coefficient (Wildman–Crippen LogP) is 2.07. The summed E-state index contributed by atoms with van der Waals surface area (Å²) < 4.78 is 0. The summed E-state index contributed by atoms with van der Waals surface area (Å²) in [6, 6.07) is 0. The highest BCUT2D eigenvalue weighted by atomic mass is 16.1. The molecular formula is C11H18O2. The number of carbonyl (C=O) groups is 2. The van der Waals surface area contributed by atoms with Crippen molar-refractivity contribution in [1.82, 2.24) is 0 Å². The Labute approximate surface area is 79.7 Å². The molecule has 3 unspecified atom stereocenters. The Morgan fingerprint density at radius 1 is 1.46 bits per heavy atom. The van der Waals surface area contributed by atoms with E-state index in [-0.39, 0.29) is 11.7 Å². The quantitative estimate of drug-likeness (QED) is 0.484. The first-order chi connectivity index (χ1) is 6.06. The van der Waals surface area contributed by atoms with Crippen LogP contribution in [0.25, 0.3) is 0 Å². The molecule has 0 saturated heterocycles. The minimum Gasteiger partial charge on any atom is -0.303 e. The minimum absolute atomic E-state index is 0.138. The monoisotopic (exact) mass is 182 g/mol. The van der Waals surface area contributed by atoms with Gasteiger partial charge in [-0.15, -0.1) is 0 Å². The predicted molar refractivity (Wildman–Crippen MR) is 51.3 cm³/mol. The third-order valence-corrected chi connectivity index (χ3v) is 3.21. The summed E-state index contributed by atoms with van der Waals surface area (Å²) in [5.41, 5.74) is 0. The molecule has 0 N–H and O–H groups in total. The molecule has 0 bridgehead atoms. The molecule has 1 rings (SSSR count). The summed E-state index contributed by atoms with van der Waals surface area (Å²) in [6.45, 7) is 6.45.